The molecule has 1 aliphatic rings. The van der Waals surface area contributed by atoms with Crippen molar-refractivity contribution in [2.75, 3.05) is 27.4 Å². The minimum absolute atomic E-state index is 0.194. The molecule has 1 aliphatic heterocycles. The van der Waals surface area contributed by atoms with Crippen LogP contribution in [-0.4, -0.2) is 43.4 Å². The minimum Gasteiger partial charge on any atom is -0.493 e. The molecule has 0 spiro atoms. The number of benzene rings is 2. The summed E-state index contributed by atoms with van der Waals surface area (Å²) < 4.78 is 16.5. The molecule has 0 bridgehead atoms. The van der Waals surface area contributed by atoms with Crippen LogP contribution in [0.1, 0.15) is 36.5 Å². The Kier molecular flexibility index (Phi) is 7.28. The van der Waals surface area contributed by atoms with Gasteiger partial charge in [-0.15, -0.1) is 0 Å². The molecule has 0 unspecified atom stereocenters. The Hall–Kier alpha value is -2.93. The molecule has 0 aliphatic carbocycles. The summed E-state index contributed by atoms with van der Waals surface area (Å²) in [6.45, 7) is 6.65. The van der Waals surface area contributed by atoms with Crippen LogP contribution in [0.25, 0.3) is 6.08 Å². The van der Waals surface area contributed by atoms with Gasteiger partial charge in [0.25, 0.3) is 11.1 Å². The second kappa shape index (κ2) is 9.92. The largest absolute Gasteiger partial charge is 0.493 e. The van der Waals surface area contributed by atoms with Gasteiger partial charge < -0.3 is 14.2 Å². The number of aryl methyl sites for hydroxylation is 1. The predicted molar refractivity (Wildman–Crippen MR) is 123 cm³/mol. The SMILES string of the molecule is COc1ccc(/C=C2\SC(=O)N(CCOc3cc(C)ccc3C(C)C)C2=O)cc1OC. The normalized spacial score (nSPS) is 15.2. The van der Waals surface area contributed by atoms with E-state index in [1.165, 1.54) is 4.90 Å². The van der Waals surface area contributed by atoms with Crippen molar-refractivity contribution in [2.45, 2.75) is 26.7 Å². The number of ether oxygens (including phenoxy) is 3. The molecule has 2 aromatic carbocycles. The zero-order valence-corrected chi connectivity index (χ0v) is 19.2. The van der Waals surface area contributed by atoms with E-state index in [-0.39, 0.29) is 24.3 Å². The van der Waals surface area contributed by atoms with Crippen molar-refractivity contribution in [3.05, 3.63) is 58.0 Å². The maximum Gasteiger partial charge on any atom is 0.293 e. The van der Waals surface area contributed by atoms with Gasteiger partial charge in [-0.2, -0.15) is 0 Å². The first kappa shape index (κ1) is 22.7. The van der Waals surface area contributed by atoms with Gasteiger partial charge in [0.05, 0.1) is 25.7 Å². The molecule has 0 radical (unpaired) electrons. The smallest absolute Gasteiger partial charge is 0.293 e. The van der Waals surface area contributed by atoms with Crippen LogP contribution in [0, 0.1) is 6.92 Å². The fraction of sp³-hybridized carbons (Fsp3) is 0.333. The summed E-state index contributed by atoms with van der Waals surface area (Å²) in [7, 11) is 3.11. The Morgan fingerprint density at radius 3 is 2.42 bits per heavy atom. The minimum atomic E-state index is -0.318. The van der Waals surface area contributed by atoms with Crippen LogP contribution in [0.15, 0.2) is 41.3 Å². The van der Waals surface area contributed by atoms with Gasteiger partial charge in [0.15, 0.2) is 11.5 Å². The maximum atomic E-state index is 12.8. The van der Waals surface area contributed by atoms with E-state index in [0.717, 1.165) is 34.2 Å². The van der Waals surface area contributed by atoms with Crippen molar-refractivity contribution < 1.29 is 23.8 Å². The molecule has 0 N–H and O–H groups in total. The molecular formula is C24H27NO5S. The predicted octanol–water partition coefficient (Wildman–Crippen LogP) is 5.25. The third kappa shape index (κ3) is 5.22. The number of methoxy groups -OCH3 is 2. The average Bonchev–Trinajstić information content (AvgIpc) is 3.00. The highest BCUT2D eigenvalue weighted by atomic mass is 32.2. The van der Waals surface area contributed by atoms with Gasteiger partial charge in [-0.25, -0.2) is 0 Å². The van der Waals surface area contributed by atoms with E-state index in [0.29, 0.717) is 22.3 Å². The highest BCUT2D eigenvalue weighted by molar-refractivity contribution is 8.18. The monoisotopic (exact) mass is 441 g/mol. The van der Waals surface area contributed by atoms with E-state index in [1.54, 1.807) is 32.4 Å². The van der Waals surface area contributed by atoms with E-state index < -0.39 is 0 Å². The Morgan fingerprint density at radius 2 is 1.74 bits per heavy atom. The second-order valence-corrected chi connectivity index (χ2v) is 8.49. The number of carbonyl (C=O) groups excluding carboxylic acids is 2. The van der Waals surface area contributed by atoms with Gasteiger partial charge in [-0.05, 0) is 65.6 Å². The summed E-state index contributed by atoms with van der Waals surface area (Å²) in [6.07, 6.45) is 1.69. The Labute approximate surface area is 187 Å². The van der Waals surface area contributed by atoms with Gasteiger partial charge >= 0.3 is 0 Å². The van der Waals surface area contributed by atoms with Gasteiger partial charge in [0.2, 0.25) is 0 Å². The molecule has 2 amide bonds. The van der Waals surface area contributed by atoms with E-state index in [2.05, 4.69) is 26.0 Å². The number of rotatable bonds is 8. The molecule has 0 atom stereocenters. The lowest BCUT2D eigenvalue weighted by Crippen LogP contribution is -2.32. The third-order valence-corrected chi connectivity index (χ3v) is 5.85. The van der Waals surface area contributed by atoms with Crippen LogP contribution in [0.3, 0.4) is 0 Å². The molecular weight excluding hydrogens is 414 g/mol. The summed E-state index contributed by atoms with van der Waals surface area (Å²) >= 11 is 0.928. The molecule has 3 rings (SSSR count). The first-order valence-electron chi connectivity index (χ1n) is 10.0. The lowest BCUT2D eigenvalue weighted by atomic mass is 10.0. The first-order chi connectivity index (χ1) is 14.8. The fourth-order valence-electron chi connectivity index (χ4n) is 3.28. The van der Waals surface area contributed by atoms with Crippen molar-refractivity contribution in [3.63, 3.8) is 0 Å². The molecule has 0 aromatic heterocycles. The standard InChI is InChI=1S/C24H27NO5S/c1-15(2)18-8-6-16(3)12-20(18)30-11-10-25-23(26)22(31-24(25)27)14-17-7-9-19(28-4)21(13-17)29-5/h6-9,12-15H,10-11H2,1-5H3/b22-14-. The number of hydrogen-bond acceptors (Lipinski definition) is 6. The Balaban J connectivity index is 1.69. The van der Waals surface area contributed by atoms with Gasteiger partial charge in [0.1, 0.15) is 12.4 Å². The zero-order valence-electron chi connectivity index (χ0n) is 18.4. The molecule has 1 saturated heterocycles. The number of nitrogens with zero attached hydrogens (tertiary/aromatic N) is 1. The highest BCUT2D eigenvalue weighted by Gasteiger charge is 2.34. The number of carbonyl (C=O) groups is 2. The quantitative estimate of drug-likeness (QED) is 0.521. The molecule has 2 aromatic rings. The van der Waals surface area contributed by atoms with E-state index in [4.69, 9.17) is 14.2 Å². The average molecular weight is 442 g/mol. The highest BCUT2D eigenvalue weighted by Crippen LogP contribution is 2.34. The van der Waals surface area contributed by atoms with Crippen LogP contribution in [0.5, 0.6) is 17.2 Å². The summed E-state index contributed by atoms with van der Waals surface area (Å²) in [4.78, 5) is 26.8. The van der Waals surface area contributed by atoms with Crippen molar-refractivity contribution >= 4 is 29.0 Å². The number of imide groups is 1. The number of hydrogen-bond donors (Lipinski definition) is 0. The molecule has 31 heavy (non-hydrogen) atoms. The molecule has 0 saturated carbocycles. The van der Waals surface area contributed by atoms with E-state index in [1.807, 2.05) is 19.1 Å². The molecule has 6 nitrogen and oxygen atoms in total. The summed E-state index contributed by atoms with van der Waals surface area (Å²) in [5.74, 6) is 1.95. The molecule has 7 heteroatoms. The molecule has 1 fully saturated rings. The van der Waals surface area contributed by atoms with Crippen LogP contribution in [-0.2, 0) is 4.79 Å². The van der Waals surface area contributed by atoms with Gasteiger partial charge in [-0.3, -0.25) is 14.5 Å². The summed E-state index contributed by atoms with van der Waals surface area (Å²) in [6, 6.07) is 11.4. The second-order valence-electron chi connectivity index (χ2n) is 7.49. The van der Waals surface area contributed by atoms with E-state index in [9.17, 15) is 9.59 Å². The van der Waals surface area contributed by atoms with Crippen molar-refractivity contribution in [1.82, 2.24) is 4.90 Å². The lowest BCUT2D eigenvalue weighted by Gasteiger charge is -2.17. The third-order valence-electron chi connectivity index (χ3n) is 4.94. The van der Waals surface area contributed by atoms with Crippen LogP contribution < -0.4 is 14.2 Å². The fourth-order valence-corrected chi connectivity index (χ4v) is 4.14. The Bertz CT molecular complexity index is 1020. The van der Waals surface area contributed by atoms with Crippen molar-refractivity contribution in [2.24, 2.45) is 0 Å². The van der Waals surface area contributed by atoms with Gasteiger partial charge in [0, 0.05) is 0 Å². The summed E-state index contributed by atoms with van der Waals surface area (Å²) in [5, 5.41) is -0.298. The molecule has 164 valence electrons. The Morgan fingerprint density at radius 1 is 1.00 bits per heavy atom. The zero-order chi connectivity index (χ0) is 22.5. The number of amides is 2. The maximum absolute atomic E-state index is 12.8. The topological polar surface area (TPSA) is 65.1 Å². The van der Waals surface area contributed by atoms with Crippen LogP contribution in [0.4, 0.5) is 4.79 Å². The van der Waals surface area contributed by atoms with Crippen LogP contribution >= 0.6 is 11.8 Å². The van der Waals surface area contributed by atoms with Crippen LogP contribution in [0.2, 0.25) is 0 Å². The van der Waals surface area contributed by atoms with Crippen molar-refractivity contribution in [1.29, 1.82) is 0 Å². The summed E-state index contributed by atoms with van der Waals surface area (Å²) in [5.41, 5.74) is 2.96. The van der Waals surface area contributed by atoms with Crippen molar-refractivity contribution in [3.8, 4) is 17.2 Å². The first-order valence-corrected chi connectivity index (χ1v) is 10.9. The lowest BCUT2D eigenvalue weighted by molar-refractivity contribution is -0.123. The molecule has 1 heterocycles. The van der Waals surface area contributed by atoms with E-state index >= 15 is 0 Å². The van der Waals surface area contributed by atoms with Gasteiger partial charge in [-0.1, -0.05) is 32.0 Å². The number of thioether (sulfide) groups is 1.